The normalized spacial score (nSPS) is 24.3. The van der Waals surface area contributed by atoms with E-state index in [1.54, 1.807) is 74.6 Å². The van der Waals surface area contributed by atoms with Gasteiger partial charge < -0.3 is 19.6 Å². The minimum absolute atomic E-state index is 0.132. The highest BCUT2D eigenvalue weighted by molar-refractivity contribution is 15.0. The van der Waals surface area contributed by atoms with E-state index in [1.807, 2.05) is 0 Å². The third-order valence-electron chi connectivity index (χ3n) is 4.35. The fourth-order valence-corrected chi connectivity index (χ4v) is 6.33. The van der Waals surface area contributed by atoms with E-state index < -0.39 is 0 Å². The maximum Gasteiger partial charge on any atom is 0.265 e. The molecule has 0 atom stereocenters. The zero-order chi connectivity index (χ0) is 25.4. The lowest BCUT2D eigenvalue weighted by molar-refractivity contribution is -0.125. The Bertz CT molecular complexity index is 893. The van der Waals surface area contributed by atoms with Crippen LogP contribution in [-0.4, -0.2) is 71.4 Å². The monoisotopic (exact) mass is 762 g/mol. The van der Waals surface area contributed by atoms with Crippen LogP contribution in [0.1, 0.15) is 0 Å². The number of rotatable bonds is 0. The summed E-state index contributed by atoms with van der Waals surface area (Å²) < 4.78 is 0. The van der Waals surface area contributed by atoms with E-state index in [9.17, 15) is 19.2 Å². The quantitative estimate of drug-likeness (QED) is 0.256. The molecule has 4 aliphatic rings. The van der Waals surface area contributed by atoms with Crippen molar-refractivity contribution in [1.82, 2.24) is 19.6 Å². The average Bonchev–Trinajstić information content (AvgIpc) is 2.83. The molecule has 0 aromatic rings. The maximum absolute atomic E-state index is 11.9. The van der Waals surface area contributed by atoms with Crippen molar-refractivity contribution in [2.45, 2.75) is 0 Å². The van der Waals surface area contributed by atoms with Crippen LogP contribution in [0.25, 0.3) is 0 Å². The third-order valence-corrected chi connectivity index (χ3v) is 8.10. The van der Waals surface area contributed by atoms with Gasteiger partial charge in [-0.3, -0.25) is 19.2 Å². The first-order chi connectivity index (χ1) is 16.2. The molecule has 0 aliphatic carbocycles. The van der Waals surface area contributed by atoms with Gasteiger partial charge in [0, 0.05) is 90.2 Å². The van der Waals surface area contributed by atoms with Gasteiger partial charge in [0.1, 0.15) is 0 Å². The molecular weight excluding hydrogens is 742 g/mol. The summed E-state index contributed by atoms with van der Waals surface area (Å²) in [6, 6.07) is 0. The highest BCUT2D eigenvalue weighted by Gasteiger charge is 2.29. The van der Waals surface area contributed by atoms with E-state index in [-0.39, 0.29) is 23.6 Å². The molecule has 0 aromatic carbocycles. The minimum atomic E-state index is -0.132. The summed E-state index contributed by atoms with van der Waals surface area (Å²) in [6.07, 6.45) is 6.76. The van der Waals surface area contributed by atoms with Crippen molar-refractivity contribution < 1.29 is 19.2 Å². The van der Waals surface area contributed by atoms with Crippen LogP contribution >= 0.6 is 84.3 Å². The lowest BCUT2D eigenvalue weighted by atomic mass is 10.4. The zero-order valence-corrected chi connectivity index (χ0v) is 26.0. The van der Waals surface area contributed by atoms with Crippen LogP contribution in [0, 0.1) is 0 Å². The summed E-state index contributed by atoms with van der Waals surface area (Å²) in [5.74, 6) is -0.529. The first-order valence-electron chi connectivity index (χ1n) is 9.27. The highest BCUT2D eigenvalue weighted by atomic mass is 128. The third kappa shape index (κ3) is 7.11. The lowest BCUT2D eigenvalue weighted by Gasteiger charge is -2.23. The minimum Gasteiger partial charge on any atom is -0.317 e. The van der Waals surface area contributed by atoms with E-state index in [4.69, 9.17) is 0 Å². The van der Waals surface area contributed by atoms with Gasteiger partial charge in [-0.05, 0) is 21.6 Å². The Kier molecular flexibility index (Phi) is 12.2. The SMILES string of the molecule is CN1C=CS/C(=C2/SC=CN(C)C2=O)C1=O.CN1C=CS/C(=C2\SC=CN(C)C2=O)C1=O.II. The maximum atomic E-state index is 11.9. The fraction of sp³-hybridized carbons (Fsp3) is 0.200. The fourth-order valence-electron chi connectivity index (χ4n) is 2.47. The molecule has 8 nitrogen and oxygen atoms in total. The summed E-state index contributed by atoms with van der Waals surface area (Å²) in [7, 11) is 6.71. The molecule has 0 saturated heterocycles. The second kappa shape index (κ2) is 14.1. The van der Waals surface area contributed by atoms with Crippen LogP contribution in [-0.2, 0) is 19.2 Å². The number of thioether (sulfide) groups is 4. The Labute approximate surface area is 238 Å². The second-order valence-corrected chi connectivity index (χ2v) is 10.3. The number of hydrogen-bond acceptors (Lipinski definition) is 8. The first-order valence-corrected chi connectivity index (χ1v) is 19.1. The molecule has 0 bridgehead atoms. The average molecular weight is 762 g/mol. The molecule has 4 aliphatic heterocycles. The molecular formula is C20H20I2N4O4S4. The Balaban J connectivity index is 0.000000224. The van der Waals surface area contributed by atoms with Gasteiger partial charge in [-0.1, -0.05) is 47.0 Å². The highest BCUT2D eigenvalue weighted by Crippen LogP contribution is 2.37. The molecule has 0 unspecified atom stereocenters. The van der Waals surface area contributed by atoms with Gasteiger partial charge in [-0.2, -0.15) is 0 Å². The number of hydrogen-bond donors (Lipinski definition) is 0. The van der Waals surface area contributed by atoms with E-state index in [2.05, 4.69) is 37.2 Å². The van der Waals surface area contributed by atoms with Gasteiger partial charge in [0.05, 0.1) is 19.6 Å². The smallest absolute Gasteiger partial charge is 0.265 e. The van der Waals surface area contributed by atoms with Gasteiger partial charge in [-0.25, -0.2) is 0 Å². The van der Waals surface area contributed by atoms with Crippen LogP contribution in [0.15, 0.2) is 66.1 Å². The van der Waals surface area contributed by atoms with Gasteiger partial charge in [-0.15, -0.1) is 0 Å². The molecule has 182 valence electrons. The summed E-state index contributed by atoms with van der Waals surface area (Å²) >= 11 is 9.41. The standard InChI is InChI=1S/2C10H10N2O2S2.I2/c2*1-11-3-5-15-7(9(11)13)8-10(14)12(2)4-6-16-8;1-2/h2*3-6H,1-2H3;/b8-7+;8-7-;. The van der Waals surface area contributed by atoms with Gasteiger partial charge >= 0.3 is 0 Å². The summed E-state index contributed by atoms with van der Waals surface area (Å²) in [5.41, 5.74) is 0. The number of carbonyl (C=O) groups excluding carboxylic acids is 4. The van der Waals surface area contributed by atoms with Crippen LogP contribution < -0.4 is 0 Å². The largest absolute Gasteiger partial charge is 0.317 e. The number of halogens is 2. The molecule has 4 rings (SSSR count). The van der Waals surface area contributed by atoms with Crippen molar-refractivity contribution in [2.75, 3.05) is 28.2 Å². The van der Waals surface area contributed by atoms with Crippen molar-refractivity contribution in [2.24, 2.45) is 0 Å². The lowest BCUT2D eigenvalue weighted by Crippen LogP contribution is -2.29. The van der Waals surface area contributed by atoms with Crippen molar-refractivity contribution in [1.29, 1.82) is 0 Å². The number of likely N-dealkylation sites (N-methyl/N-ethyl adjacent to an activating group) is 4. The van der Waals surface area contributed by atoms with E-state index in [0.717, 1.165) is 0 Å². The summed E-state index contributed by atoms with van der Waals surface area (Å²) in [5, 5.41) is 7.21. The number of amides is 4. The van der Waals surface area contributed by atoms with Gasteiger partial charge in [0.25, 0.3) is 23.6 Å². The molecule has 34 heavy (non-hydrogen) atoms. The molecule has 0 fully saturated rings. The van der Waals surface area contributed by atoms with Crippen LogP contribution in [0.4, 0.5) is 0 Å². The zero-order valence-electron chi connectivity index (χ0n) is 18.4. The van der Waals surface area contributed by atoms with Crippen molar-refractivity contribution in [3.63, 3.8) is 0 Å². The Morgan fingerprint density at radius 3 is 0.824 bits per heavy atom. The van der Waals surface area contributed by atoms with Crippen molar-refractivity contribution in [3.8, 4) is 0 Å². The van der Waals surface area contributed by atoms with Gasteiger partial charge in [0.15, 0.2) is 0 Å². The second-order valence-electron chi connectivity index (χ2n) is 6.59. The predicted molar refractivity (Wildman–Crippen MR) is 160 cm³/mol. The molecule has 0 spiro atoms. The Morgan fingerprint density at radius 2 is 0.647 bits per heavy atom. The Hall–Kier alpha value is -0.820. The molecule has 0 N–H and O–H groups in total. The van der Waals surface area contributed by atoms with Crippen molar-refractivity contribution in [3.05, 3.63) is 66.1 Å². The van der Waals surface area contributed by atoms with Gasteiger partial charge in [0.2, 0.25) is 0 Å². The van der Waals surface area contributed by atoms with E-state index in [1.165, 1.54) is 66.6 Å². The molecule has 0 aromatic heterocycles. The van der Waals surface area contributed by atoms with Crippen LogP contribution in [0.3, 0.4) is 0 Å². The van der Waals surface area contributed by atoms with Crippen LogP contribution in [0.5, 0.6) is 0 Å². The summed E-state index contributed by atoms with van der Waals surface area (Å²) in [6.45, 7) is 0. The molecule has 4 heterocycles. The molecule has 0 saturated carbocycles. The Morgan fingerprint density at radius 1 is 0.471 bits per heavy atom. The van der Waals surface area contributed by atoms with E-state index >= 15 is 0 Å². The topological polar surface area (TPSA) is 81.2 Å². The predicted octanol–water partition coefficient (Wildman–Crippen LogP) is 4.87. The molecule has 14 heteroatoms. The van der Waals surface area contributed by atoms with Crippen molar-refractivity contribution >= 4 is 108 Å². The van der Waals surface area contributed by atoms with E-state index in [0.29, 0.717) is 19.6 Å². The molecule has 4 amide bonds. The first kappa shape index (κ1) is 29.4. The van der Waals surface area contributed by atoms with Crippen LogP contribution in [0.2, 0.25) is 0 Å². The number of carbonyl (C=O) groups is 4. The number of nitrogens with zero attached hydrogens (tertiary/aromatic N) is 4. The molecule has 0 radical (unpaired) electrons. The summed E-state index contributed by atoms with van der Waals surface area (Å²) in [4.78, 5) is 55.4.